The van der Waals surface area contributed by atoms with Gasteiger partial charge >= 0.3 is 0 Å². The number of aryl methyl sites for hydroxylation is 2. The molecule has 0 saturated carbocycles. The van der Waals surface area contributed by atoms with Crippen LogP contribution in [0.4, 0.5) is 0 Å². The quantitative estimate of drug-likeness (QED) is 0.755. The van der Waals surface area contributed by atoms with Crippen molar-refractivity contribution in [2.24, 2.45) is 0 Å². The molecule has 1 aromatic heterocycles. The standard InChI is InChI=1S/C18H20O2S/c1-2-14-10-11-18(21-14)16(19)12-20-17-9-5-7-13-6-3-4-8-15(13)17/h3-4,6,8,10-11,17H,2,5,7,9,12H2,1H3. The van der Waals surface area contributed by atoms with Gasteiger partial charge in [-0.05, 0) is 48.9 Å². The van der Waals surface area contributed by atoms with Crippen LogP contribution in [0.5, 0.6) is 0 Å². The van der Waals surface area contributed by atoms with E-state index in [9.17, 15) is 4.79 Å². The molecule has 0 radical (unpaired) electrons. The van der Waals surface area contributed by atoms with Gasteiger partial charge in [0.05, 0.1) is 11.0 Å². The second-order valence-corrected chi connectivity index (χ2v) is 6.60. The highest BCUT2D eigenvalue weighted by Gasteiger charge is 2.21. The molecular weight excluding hydrogens is 280 g/mol. The van der Waals surface area contributed by atoms with Crippen molar-refractivity contribution >= 4 is 17.1 Å². The molecule has 0 aliphatic heterocycles. The van der Waals surface area contributed by atoms with Crippen LogP contribution in [0.3, 0.4) is 0 Å². The number of thiophene rings is 1. The Balaban J connectivity index is 1.64. The highest BCUT2D eigenvalue weighted by atomic mass is 32.1. The zero-order valence-corrected chi connectivity index (χ0v) is 13.1. The van der Waals surface area contributed by atoms with Crippen molar-refractivity contribution in [3.8, 4) is 0 Å². The summed E-state index contributed by atoms with van der Waals surface area (Å²) in [5.74, 6) is 0.0998. The van der Waals surface area contributed by atoms with Crippen LogP contribution in [-0.4, -0.2) is 12.4 Å². The van der Waals surface area contributed by atoms with E-state index in [-0.39, 0.29) is 18.5 Å². The van der Waals surface area contributed by atoms with Gasteiger partial charge in [-0.25, -0.2) is 0 Å². The highest BCUT2D eigenvalue weighted by molar-refractivity contribution is 7.14. The van der Waals surface area contributed by atoms with Crippen LogP contribution in [0, 0.1) is 0 Å². The lowest BCUT2D eigenvalue weighted by Crippen LogP contribution is -2.16. The van der Waals surface area contributed by atoms with Crippen LogP contribution in [0.2, 0.25) is 0 Å². The number of hydrogen-bond donors (Lipinski definition) is 0. The molecule has 1 aromatic carbocycles. The fourth-order valence-corrected chi connectivity index (χ4v) is 3.72. The molecule has 2 aromatic rings. The van der Waals surface area contributed by atoms with E-state index < -0.39 is 0 Å². The van der Waals surface area contributed by atoms with Crippen molar-refractivity contribution in [2.75, 3.05) is 6.61 Å². The van der Waals surface area contributed by atoms with E-state index in [0.717, 1.165) is 30.6 Å². The van der Waals surface area contributed by atoms with Gasteiger partial charge in [-0.3, -0.25) is 4.79 Å². The number of hydrogen-bond acceptors (Lipinski definition) is 3. The topological polar surface area (TPSA) is 26.3 Å². The largest absolute Gasteiger partial charge is 0.365 e. The average molecular weight is 300 g/mol. The molecule has 0 amide bonds. The maximum atomic E-state index is 12.2. The normalized spacial score (nSPS) is 17.5. The van der Waals surface area contributed by atoms with Crippen LogP contribution in [-0.2, 0) is 17.6 Å². The van der Waals surface area contributed by atoms with E-state index in [4.69, 9.17) is 4.74 Å². The minimum absolute atomic E-state index is 0.0736. The third kappa shape index (κ3) is 3.25. The first-order chi connectivity index (χ1) is 10.3. The van der Waals surface area contributed by atoms with Crippen molar-refractivity contribution in [2.45, 2.75) is 38.7 Å². The minimum Gasteiger partial charge on any atom is -0.365 e. The summed E-state index contributed by atoms with van der Waals surface area (Å²) in [5, 5.41) is 0. The number of carbonyl (C=O) groups is 1. The molecule has 110 valence electrons. The number of ketones is 1. The lowest BCUT2D eigenvalue weighted by atomic mass is 9.89. The van der Waals surface area contributed by atoms with Crippen LogP contribution in [0.1, 0.15) is 51.5 Å². The fraction of sp³-hybridized carbons (Fsp3) is 0.389. The molecule has 3 heteroatoms. The molecule has 0 spiro atoms. The Morgan fingerprint density at radius 1 is 1.29 bits per heavy atom. The van der Waals surface area contributed by atoms with Crippen LogP contribution in [0.25, 0.3) is 0 Å². The van der Waals surface area contributed by atoms with Crippen LogP contribution >= 0.6 is 11.3 Å². The number of ether oxygens (including phenoxy) is 1. The molecule has 3 rings (SSSR count). The second-order valence-electron chi connectivity index (χ2n) is 5.43. The monoisotopic (exact) mass is 300 g/mol. The molecule has 0 fully saturated rings. The maximum Gasteiger partial charge on any atom is 0.198 e. The Morgan fingerprint density at radius 2 is 2.14 bits per heavy atom. The summed E-state index contributed by atoms with van der Waals surface area (Å²) in [6.45, 7) is 2.29. The van der Waals surface area contributed by atoms with Gasteiger partial charge in [-0.1, -0.05) is 31.2 Å². The number of carbonyl (C=O) groups excluding carboxylic acids is 1. The van der Waals surface area contributed by atoms with Crippen molar-refractivity contribution in [1.29, 1.82) is 0 Å². The first kappa shape index (κ1) is 14.5. The average Bonchev–Trinajstić information content (AvgIpc) is 3.01. The molecule has 1 unspecified atom stereocenters. The number of Topliss-reactive ketones (excluding diaryl/α,β-unsaturated/α-hetero) is 1. The predicted molar refractivity (Wildman–Crippen MR) is 86.1 cm³/mol. The summed E-state index contributed by atoms with van der Waals surface area (Å²) < 4.78 is 5.93. The molecule has 2 nitrogen and oxygen atoms in total. The van der Waals surface area contributed by atoms with Gasteiger partial charge < -0.3 is 4.74 Å². The van der Waals surface area contributed by atoms with E-state index in [1.807, 2.05) is 12.1 Å². The molecule has 1 atom stereocenters. The Kier molecular flexibility index (Phi) is 4.51. The van der Waals surface area contributed by atoms with Crippen LogP contribution in [0.15, 0.2) is 36.4 Å². The van der Waals surface area contributed by atoms with E-state index >= 15 is 0 Å². The van der Waals surface area contributed by atoms with Gasteiger partial charge in [0.2, 0.25) is 0 Å². The van der Waals surface area contributed by atoms with Crippen LogP contribution < -0.4 is 0 Å². The SMILES string of the molecule is CCc1ccc(C(=O)COC2CCCc3ccccc32)s1. The lowest BCUT2D eigenvalue weighted by Gasteiger charge is -2.25. The van der Waals surface area contributed by atoms with E-state index in [1.165, 1.54) is 16.0 Å². The summed E-state index contributed by atoms with van der Waals surface area (Å²) in [4.78, 5) is 14.3. The smallest absolute Gasteiger partial charge is 0.198 e. The molecule has 1 aliphatic rings. The first-order valence-electron chi connectivity index (χ1n) is 7.59. The van der Waals surface area contributed by atoms with Gasteiger partial charge in [-0.15, -0.1) is 11.3 Å². The van der Waals surface area contributed by atoms with Gasteiger partial charge in [0.15, 0.2) is 5.78 Å². The summed E-state index contributed by atoms with van der Waals surface area (Å²) in [6, 6.07) is 12.4. The number of benzene rings is 1. The maximum absolute atomic E-state index is 12.2. The molecular formula is C18H20O2S. The van der Waals surface area contributed by atoms with Crippen molar-refractivity contribution in [1.82, 2.24) is 0 Å². The fourth-order valence-electron chi connectivity index (χ4n) is 2.85. The van der Waals surface area contributed by atoms with Gasteiger partial charge in [-0.2, -0.15) is 0 Å². The molecule has 0 saturated heterocycles. The Morgan fingerprint density at radius 3 is 2.95 bits per heavy atom. The minimum atomic E-state index is 0.0736. The summed E-state index contributed by atoms with van der Waals surface area (Å²) in [7, 11) is 0. The summed E-state index contributed by atoms with van der Waals surface area (Å²) in [6.07, 6.45) is 4.32. The first-order valence-corrected chi connectivity index (χ1v) is 8.41. The van der Waals surface area contributed by atoms with Gasteiger partial charge in [0, 0.05) is 4.88 Å². The zero-order valence-electron chi connectivity index (χ0n) is 12.3. The highest BCUT2D eigenvalue weighted by Crippen LogP contribution is 2.32. The zero-order chi connectivity index (χ0) is 14.7. The third-order valence-corrected chi connectivity index (χ3v) is 5.29. The molecule has 0 N–H and O–H groups in total. The van der Waals surface area contributed by atoms with Crippen molar-refractivity contribution < 1.29 is 9.53 Å². The van der Waals surface area contributed by atoms with E-state index in [1.54, 1.807) is 11.3 Å². The second kappa shape index (κ2) is 6.54. The van der Waals surface area contributed by atoms with Crippen molar-refractivity contribution in [3.63, 3.8) is 0 Å². The van der Waals surface area contributed by atoms with Crippen molar-refractivity contribution in [3.05, 3.63) is 57.3 Å². The number of rotatable bonds is 5. The summed E-state index contributed by atoms with van der Waals surface area (Å²) >= 11 is 1.58. The lowest BCUT2D eigenvalue weighted by molar-refractivity contribution is 0.0374. The Labute approximate surface area is 129 Å². The van der Waals surface area contributed by atoms with Gasteiger partial charge in [0.25, 0.3) is 0 Å². The third-order valence-electron chi connectivity index (χ3n) is 4.01. The predicted octanol–water partition coefficient (Wildman–Crippen LogP) is 4.59. The van der Waals surface area contributed by atoms with E-state index in [0.29, 0.717) is 0 Å². The Hall–Kier alpha value is -1.45. The molecule has 1 aliphatic carbocycles. The Bertz CT molecular complexity index is 630. The summed E-state index contributed by atoms with van der Waals surface area (Å²) in [5.41, 5.74) is 2.63. The molecule has 1 heterocycles. The van der Waals surface area contributed by atoms with Gasteiger partial charge in [0.1, 0.15) is 6.61 Å². The van der Waals surface area contributed by atoms with E-state index in [2.05, 4.69) is 31.2 Å². The molecule has 0 bridgehead atoms. The molecule has 21 heavy (non-hydrogen) atoms. The number of fused-ring (bicyclic) bond motifs is 1.